The molecular formula is C15H24N2O2S. The summed E-state index contributed by atoms with van der Waals surface area (Å²) < 4.78 is 23.3. The fourth-order valence-electron chi connectivity index (χ4n) is 2.98. The van der Waals surface area contributed by atoms with Gasteiger partial charge in [0.25, 0.3) is 0 Å². The van der Waals surface area contributed by atoms with Gasteiger partial charge in [0.05, 0.1) is 11.5 Å². The molecule has 20 heavy (non-hydrogen) atoms. The molecule has 0 saturated carbocycles. The minimum Gasteiger partial charge on any atom is -0.271 e. The second-order valence-corrected chi connectivity index (χ2v) is 8.38. The van der Waals surface area contributed by atoms with Gasteiger partial charge in [-0.25, -0.2) is 8.42 Å². The largest absolute Gasteiger partial charge is 0.271 e. The van der Waals surface area contributed by atoms with Crippen LogP contribution in [0.5, 0.6) is 0 Å². The molecule has 3 N–H and O–H groups in total. The van der Waals surface area contributed by atoms with Crippen molar-refractivity contribution in [1.82, 2.24) is 5.43 Å². The summed E-state index contributed by atoms with van der Waals surface area (Å²) in [7, 11) is -2.88. The lowest BCUT2D eigenvalue weighted by atomic mass is 9.91. The first kappa shape index (κ1) is 15.5. The minimum atomic E-state index is -2.88. The number of nitrogens with one attached hydrogen (secondary N) is 1. The maximum absolute atomic E-state index is 11.6. The number of hydrogen-bond donors (Lipinski definition) is 2. The Bertz CT molecular complexity index is 555. The molecule has 0 amide bonds. The molecule has 1 fully saturated rings. The van der Waals surface area contributed by atoms with Crippen molar-refractivity contribution in [3.8, 4) is 0 Å². The molecule has 1 aliphatic rings. The van der Waals surface area contributed by atoms with E-state index in [9.17, 15) is 8.42 Å². The van der Waals surface area contributed by atoms with Crippen LogP contribution in [-0.2, 0) is 16.3 Å². The van der Waals surface area contributed by atoms with E-state index in [2.05, 4.69) is 31.4 Å². The second-order valence-electron chi connectivity index (χ2n) is 6.15. The lowest BCUT2D eigenvalue weighted by Crippen LogP contribution is -2.34. The molecule has 0 aromatic heterocycles. The third-order valence-corrected chi connectivity index (χ3v) is 5.67. The Morgan fingerprint density at radius 2 is 2.15 bits per heavy atom. The highest BCUT2D eigenvalue weighted by molar-refractivity contribution is 7.91. The van der Waals surface area contributed by atoms with Gasteiger partial charge in [0.2, 0.25) is 0 Å². The Morgan fingerprint density at radius 1 is 1.40 bits per heavy atom. The highest BCUT2D eigenvalue weighted by Gasteiger charge is 2.34. The van der Waals surface area contributed by atoms with Crippen molar-refractivity contribution in [2.75, 3.05) is 11.5 Å². The van der Waals surface area contributed by atoms with Crippen LogP contribution in [0.25, 0.3) is 0 Å². The van der Waals surface area contributed by atoms with Crippen LogP contribution in [-0.4, -0.2) is 19.9 Å². The molecule has 0 spiro atoms. The van der Waals surface area contributed by atoms with Gasteiger partial charge in [0.15, 0.2) is 9.84 Å². The van der Waals surface area contributed by atoms with Gasteiger partial charge in [0, 0.05) is 6.04 Å². The average Bonchev–Trinajstić information content (AvgIpc) is 2.70. The highest BCUT2D eigenvalue weighted by Crippen LogP contribution is 2.31. The van der Waals surface area contributed by atoms with Gasteiger partial charge in [0.1, 0.15) is 0 Å². The van der Waals surface area contributed by atoms with Crippen molar-refractivity contribution in [2.24, 2.45) is 17.7 Å². The number of sulfone groups is 1. The summed E-state index contributed by atoms with van der Waals surface area (Å²) in [5.74, 6) is 6.86. The van der Waals surface area contributed by atoms with Gasteiger partial charge in [-0.1, -0.05) is 38.1 Å². The van der Waals surface area contributed by atoms with Crippen LogP contribution < -0.4 is 11.3 Å². The standard InChI is InChI=1S/C15H24N2O2S/c1-11(2)8-12-4-3-5-13(9-12)15(17-16)14-6-7-20(18,19)10-14/h3-5,9,11,14-15,17H,6-8,10,16H2,1-2H3. The third-order valence-electron chi connectivity index (χ3n) is 3.87. The quantitative estimate of drug-likeness (QED) is 0.642. The number of rotatable bonds is 5. The molecule has 4 nitrogen and oxygen atoms in total. The van der Waals surface area contributed by atoms with Crippen LogP contribution in [0.4, 0.5) is 0 Å². The monoisotopic (exact) mass is 296 g/mol. The van der Waals surface area contributed by atoms with Gasteiger partial charge in [-0.3, -0.25) is 11.3 Å². The van der Waals surface area contributed by atoms with Crippen molar-refractivity contribution in [3.63, 3.8) is 0 Å². The third kappa shape index (κ3) is 3.81. The number of nitrogens with two attached hydrogens (primary N) is 1. The Kier molecular flexibility index (Phi) is 4.83. The smallest absolute Gasteiger partial charge is 0.150 e. The van der Waals surface area contributed by atoms with Crippen LogP contribution in [0.15, 0.2) is 24.3 Å². The number of hydrogen-bond acceptors (Lipinski definition) is 4. The lowest BCUT2D eigenvalue weighted by molar-refractivity contribution is 0.399. The molecular weight excluding hydrogens is 272 g/mol. The normalized spacial score (nSPS) is 23.1. The molecule has 0 bridgehead atoms. The molecule has 0 radical (unpaired) electrons. The van der Waals surface area contributed by atoms with E-state index in [1.807, 2.05) is 12.1 Å². The SMILES string of the molecule is CC(C)Cc1cccc(C(NN)C2CCS(=O)(=O)C2)c1. The maximum atomic E-state index is 11.6. The molecule has 112 valence electrons. The van der Waals surface area contributed by atoms with Crippen LogP contribution in [0.2, 0.25) is 0 Å². The lowest BCUT2D eigenvalue weighted by Gasteiger charge is -2.23. The Balaban J connectivity index is 2.19. The minimum absolute atomic E-state index is 0.0688. The second kappa shape index (κ2) is 6.24. The summed E-state index contributed by atoms with van der Waals surface area (Å²) in [6.45, 7) is 4.38. The topological polar surface area (TPSA) is 72.2 Å². The molecule has 2 rings (SSSR count). The summed E-state index contributed by atoms with van der Waals surface area (Å²) in [6, 6.07) is 8.23. The van der Waals surface area contributed by atoms with E-state index in [4.69, 9.17) is 5.84 Å². The van der Waals surface area contributed by atoms with E-state index < -0.39 is 9.84 Å². The first-order valence-corrected chi connectivity index (χ1v) is 8.99. The first-order chi connectivity index (χ1) is 9.41. The highest BCUT2D eigenvalue weighted by atomic mass is 32.2. The predicted molar refractivity (Wildman–Crippen MR) is 81.8 cm³/mol. The number of hydrazine groups is 1. The zero-order chi connectivity index (χ0) is 14.8. The van der Waals surface area contributed by atoms with E-state index in [1.165, 1.54) is 5.56 Å². The fourth-order valence-corrected chi connectivity index (χ4v) is 4.82. The van der Waals surface area contributed by atoms with Gasteiger partial charge < -0.3 is 0 Å². The van der Waals surface area contributed by atoms with Crippen LogP contribution in [0, 0.1) is 11.8 Å². The zero-order valence-corrected chi connectivity index (χ0v) is 13.0. The first-order valence-electron chi connectivity index (χ1n) is 7.16. The van der Waals surface area contributed by atoms with Crippen LogP contribution in [0.3, 0.4) is 0 Å². The van der Waals surface area contributed by atoms with Crippen molar-refractivity contribution < 1.29 is 8.42 Å². The zero-order valence-electron chi connectivity index (χ0n) is 12.2. The van der Waals surface area contributed by atoms with Gasteiger partial charge >= 0.3 is 0 Å². The van der Waals surface area contributed by atoms with Crippen molar-refractivity contribution >= 4 is 9.84 Å². The number of benzene rings is 1. The summed E-state index contributed by atoms with van der Waals surface area (Å²) in [6.07, 6.45) is 1.71. The van der Waals surface area contributed by atoms with Gasteiger partial charge in [-0.2, -0.15) is 0 Å². The molecule has 1 saturated heterocycles. The summed E-state index contributed by atoms with van der Waals surface area (Å²) in [4.78, 5) is 0. The van der Waals surface area contributed by atoms with E-state index >= 15 is 0 Å². The molecule has 5 heteroatoms. The average molecular weight is 296 g/mol. The molecule has 1 aromatic rings. The van der Waals surface area contributed by atoms with Crippen molar-refractivity contribution in [2.45, 2.75) is 32.7 Å². The van der Waals surface area contributed by atoms with E-state index in [0.29, 0.717) is 12.3 Å². The van der Waals surface area contributed by atoms with Crippen molar-refractivity contribution in [1.29, 1.82) is 0 Å². The summed E-state index contributed by atoms with van der Waals surface area (Å²) >= 11 is 0. The molecule has 2 unspecified atom stereocenters. The molecule has 1 heterocycles. The van der Waals surface area contributed by atoms with E-state index in [1.54, 1.807) is 0 Å². The van der Waals surface area contributed by atoms with E-state index in [-0.39, 0.29) is 23.5 Å². The van der Waals surface area contributed by atoms with Crippen LogP contribution >= 0.6 is 0 Å². The summed E-state index contributed by atoms with van der Waals surface area (Å²) in [5.41, 5.74) is 5.18. The Labute approximate surface area is 121 Å². The predicted octanol–water partition coefficient (Wildman–Crippen LogP) is 1.82. The molecule has 0 aliphatic carbocycles. The summed E-state index contributed by atoms with van der Waals surface area (Å²) in [5, 5.41) is 0. The Hall–Kier alpha value is -0.910. The van der Waals surface area contributed by atoms with Crippen molar-refractivity contribution in [3.05, 3.63) is 35.4 Å². The Morgan fingerprint density at radius 3 is 2.70 bits per heavy atom. The fraction of sp³-hybridized carbons (Fsp3) is 0.600. The maximum Gasteiger partial charge on any atom is 0.150 e. The van der Waals surface area contributed by atoms with Gasteiger partial charge in [-0.15, -0.1) is 0 Å². The van der Waals surface area contributed by atoms with E-state index in [0.717, 1.165) is 12.0 Å². The molecule has 2 atom stereocenters. The van der Waals surface area contributed by atoms with Gasteiger partial charge in [-0.05, 0) is 35.8 Å². The van der Waals surface area contributed by atoms with Crippen LogP contribution in [0.1, 0.15) is 37.4 Å². The molecule has 1 aliphatic heterocycles. The molecule has 1 aromatic carbocycles.